The number of aromatic amines is 1. The molecular formula is C19H19N5O3. The second-order valence-electron chi connectivity index (χ2n) is 7.40. The van der Waals surface area contributed by atoms with E-state index in [2.05, 4.69) is 20.2 Å². The van der Waals surface area contributed by atoms with E-state index in [0.717, 1.165) is 5.56 Å². The number of hydrogen-bond donors (Lipinski definition) is 2. The lowest BCUT2D eigenvalue weighted by Gasteiger charge is -2.10. The average molecular weight is 365 g/mol. The fourth-order valence-corrected chi connectivity index (χ4v) is 2.81. The van der Waals surface area contributed by atoms with Crippen molar-refractivity contribution < 1.29 is 9.63 Å². The van der Waals surface area contributed by atoms with Crippen LogP contribution in [0.15, 0.2) is 45.8 Å². The molecule has 0 aliphatic carbocycles. The summed E-state index contributed by atoms with van der Waals surface area (Å²) in [5.41, 5.74) is 0.553. The standard InChI is InChI=1S/C19H19N5O3/c1-19(2,3)18-22-17(27-23-18)13-14(25)12-9-20-24(15(12)21-16(13)26)10-11-7-5-4-6-8-11/h4-9H,10H2,1-3H3,(H2,21,25,26). The highest BCUT2D eigenvalue weighted by molar-refractivity contribution is 5.88. The van der Waals surface area contributed by atoms with Crippen molar-refractivity contribution >= 4 is 11.0 Å². The summed E-state index contributed by atoms with van der Waals surface area (Å²) < 4.78 is 6.85. The molecule has 4 rings (SSSR count). The zero-order chi connectivity index (χ0) is 19.2. The van der Waals surface area contributed by atoms with Gasteiger partial charge >= 0.3 is 0 Å². The lowest BCUT2D eigenvalue weighted by molar-refractivity contribution is 0.399. The van der Waals surface area contributed by atoms with E-state index < -0.39 is 5.56 Å². The molecular weight excluding hydrogens is 346 g/mol. The van der Waals surface area contributed by atoms with Crippen LogP contribution in [0.25, 0.3) is 22.5 Å². The van der Waals surface area contributed by atoms with Crippen molar-refractivity contribution in [2.75, 3.05) is 0 Å². The van der Waals surface area contributed by atoms with Crippen LogP contribution in [-0.2, 0) is 12.0 Å². The highest BCUT2D eigenvalue weighted by Gasteiger charge is 2.26. The molecule has 0 aliphatic heterocycles. The third kappa shape index (κ3) is 2.99. The maximum atomic E-state index is 12.6. The number of aromatic nitrogens is 5. The molecule has 2 N–H and O–H groups in total. The van der Waals surface area contributed by atoms with Gasteiger partial charge in [-0.1, -0.05) is 56.3 Å². The molecule has 8 nitrogen and oxygen atoms in total. The molecule has 8 heteroatoms. The Kier molecular flexibility index (Phi) is 3.83. The number of hydrogen-bond acceptors (Lipinski definition) is 6. The normalized spacial score (nSPS) is 12.0. The highest BCUT2D eigenvalue weighted by Crippen LogP contribution is 2.32. The van der Waals surface area contributed by atoms with E-state index in [1.54, 1.807) is 4.68 Å². The monoisotopic (exact) mass is 365 g/mol. The fourth-order valence-electron chi connectivity index (χ4n) is 2.81. The van der Waals surface area contributed by atoms with Gasteiger partial charge in [-0.2, -0.15) is 10.1 Å². The lowest BCUT2D eigenvalue weighted by atomic mass is 9.96. The Morgan fingerprint density at radius 1 is 1.22 bits per heavy atom. The van der Waals surface area contributed by atoms with Crippen LogP contribution >= 0.6 is 0 Å². The Morgan fingerprint density at radius 2 is 1.96 bits per heavy atom. The topological polar surface area (TPSA) is 110 Å². The Balaban J connectivity index is 1.81. The van der Waals surface area contributed by atoms with E-state index in [1.807, 2.05) is 51.1 Å². The van der Waals surface area contributed by atoms with Crippen molar-refractivity contribution in [3.63, 3.8) is 0 Å². The number of pyridine rings is 1. The number of aromatic hydroxyl groups is 1. The number of H-pyrrole nitrogens is 1. The zero-order valence-electron chi connectivity index (χ0n) is 15.2. The summed E-state index contributed by atoms with van der Waals surface area (Å²) in [5, 5.41) is 19.3. The molecule has 0 radical (unpaired) electrons. The molecule has 4 aromatic rings. The van der Waals surface area contributed by atoms with Crippen molar-refractivity contribution in [3.8, 4) is 17.2 Å². The summed E-state index contributed by atoms with van der Waals surface area (Å²) in [7, 11) is 0. The van der Waals surface area contributed by atoms with Crippen molar-refractivity contribution in [2.45, 2.75) is 32.7 Å². The molecule has 0 aliphatic rings. The molecule has 0 bridgehead atoms. The van der Waals surface area contributed by atoms with E-state index in [4.69, 9.17) is 4.52 Å². The van der Waals surface area contributed by atoms with Gasteiger partial charge in [0, 0.05) is 5.41 Å². The van der Waals surface area contributed by atoms with Gasteiger partial charge in [0.05, 0.1) is 18.1 Å². The van der Waals surface area contributed by atoms with Gasteiger partial charge in [0.15, 0.2) is 5.82 Å². The maximum absolute atomic E-state index is 12.6. The predicted octanol–water partition coefficient (Wildman–Crippen LogP) is 2.83. The molecule has 3 heterocycles. The van der Waals surface area contributed by atoms with Crippen LogP contribution in [-0.4, -0.2) is 30.0 Å². The number of benzene rings is 1. The van der Waals surface area contributed by atoms with E-state index in [1.165, 1.54) is 6.20 Å². The van der Waals surface area contributed by atoms with Crippen molar-refractivity contribution in [1.29, 1.82) is 0 Å². The third-order valence-corrected chi connectivity index (χ3v) is 4.28. The first-order valence-corrected chi connectivity index (χ1v) is 8.54. The molecule has 0 fully saturated rings. The minimum absolute atomic E-state index is 0.0172. The molecule has 1 aromatic carbocycles. The second kappa shape index (κ2) is 6.08. The molecule has 138 valence electrons. The number of nitrogens with zero attached hydrogens (tertiary/aromatic N) is 4. The maximum Gasteiger partial charge on any atom is 0.267 e. The first kappa shape index (κ1) is 17.0. The Bertz CT molecular complexity index is 1170. The fraction of sp³-hybridized carbons (Fsp3) is 0.263. The first-order chi connectivity index (χ1) is 12.8. The van der Waals surface area contributed by atoms with Crippen molar-refractivity contribution in [1.82, 2.24) is 24.9 Å². The number of fused-ring (bicyclic) bond motifs is 1. The second-order valence-corrected chi connectivity index (χ2v) is 7.40. The lowest BCUT2D eigenvalue weighted by Crippen LogP contribution is -2.14. The Labute approximate surface area is 154 Å². The summed E-state index contributed by atoms with van der Waals surface area (Å²) in [6.07, 6.45) is 1.51. The van der Waals surface area contributed by atoms with Crippen molar-refractivity contribution in [3.05, 3.63) is 58.3 Å². The SMILES string of the molecule is CC(C)(C)c1noc(-c2c(O)c3cnn(Cc4ccccc4)c3[nH]c2=O)n1. The summed E-state index contributed by atoms with van der Waals surface area (Å²) in [4.78, 5) is 19.7. The average Bonchev–Trinajstić information content (AvgIpc) is 3.24. The summed E-state index contributed by atoms with van der Waals surface area (Å²) in [6, 6.07) is 9.73. The third-order valence-electron chi connectivity index (χ3n) is 4.28. The largest absolute Gasteiger partial charge is 0.506 e. The van der Waals surface area contributed by atoms with Gasteiger partial charge < -0.3 is 14.6 Å². The quantitative estimate of drug-likeness (QED) is 0.578. The van der Waals surface area contributed by atoms with Gasteiger partial charge in [0.2, 0.25) is 0 Å². The molecule has 0 amide bonds. The van der Waals surface area contributed by atoms with Crippen LogP contribution in [0.4, 0.5) is 0 Å². The van der Waals surface area contributed by atoms with Gasteiger partial charge in [-0.05, 0) is 5.56 Å². The molecule has 27 heavy (non-hydrogen) atoms. The van der Waals surface area contributed by atoms with Gasteiger partial charge in [-0.25, -0.2) is 4.68 Å². The van der Waals surface area contributed by atoms with E-state index in [0.29, 0.717) is 23.4 Å². The zero-order valence-corrected chi connectivity index (χ0v) is 15.2. The summed E-state index contributed by atoms with van der Waals surface area (Å²) in [5.74, 6) is 0.213. The van der Waals surface area contributed by atoms with Crippen LogP contribution in [0.5, 0.6) is 5.75 Å². The van der Waals surface area contributed by atoms with E-state index >= 15 is 0 Å². The van der Waals surface area contributed by atoms with Gasteiger partial charge in [0.1, 0.15) is 17.0 Å². The van der Waals surface area contributed by atoms with E-state index in [9.17, 15) is 9.90 Å². The van der Waals surface area contributed by atoms with Crippen LogP contribution in [0.2, 0.25) is 0 Å². The van der Waals surface area contributed by atoms with Crippen LogP contribution in [0, 0.1) is 0 Å². The Morgan fingerprint density at radius 3 is 2.63 bits per heavy atom. The molecule has 0 saturated carbocycles. The number of nitrogens with one attached hydrogen (secondary N) is 1. The highest BCUT2D eigenvalue weighted by atomic mass is 16.5. The molecule has 3 aromatic heterocycles. The molecule has 0 unspecified atom stereocenters. The molecule has 0 saturated heterocycles. The van der Waals surface area contributed by atoms with Crippen molar-refractivity contribution in [2.24, 2.45) is 0 Å². The minimum Gasteiger partial charge on any atom is -0.506 e. The first-order valence-electron chi connectivity index (χ1n) is 8.54. The summed E-state index contributed by atoms with van der Waals surface area (Å²) >= 11 is 0. The summed E-state index contributed by atoms with van der Waals surface area (Å²) in [6.45, 7) is 6.27. The van der Waals surface area contributed by atoms with Crippen LogP contribution < -0.4 is 5.56 Å². The Hall–Kier alpha value is -3.42. The predicted molar refractivity (Wildman–Crippen MR) is 99.6 cm³/mol. The molecule has 0 spiro atoms. The number of rotatable bonds is 3. The smallest absolute Gasteiger partial charge is 0.267 e. The van der Waals surface area contributed by atoms with E-state index in [-0.39, 0.29) is 22.6 Å². The van der Waals surface area contributed by atoms with Gasteiger partial charge in [-0.3, -0.25) is 4.79 Å². The van der Waals surface area contributed by atoms with Gasteiger partial charge in [-0.15, -0.1) is 0 Å². The van der Waals surface area contributed by atoms with Crippen LogP contribution in [0.1, 0.15) is 32.2 Å². The van der Waals surface area contributed by atoms with Gasteiger partial charge in [0.25, 0.3) is 11.4 Å². The van der Waals surface area contributed by atoms with Crippen LogP contribution in [0.3, 0.4) is 0 Å². The molecule has 0 atom stereocenters. The minimum atomic E-state index is -0.515.